The third-order valence-corrected chi connectivity index (χ3v) is 4.59. The molecule has 3 heterocycles. The Bertz CT molecular complexity index is 409. The number of likely N-dealkylation sites (N-methyl/N-ethyl adjacent to an activating group) is 1. The lowest BCUT2D eigenvalue weighted by atomic mass is 9.94. The second kappa shape index (κ2) is 4.24. The molecule has 2 unspecified atom stereocenters. The molecule has 5 nitrogen and oxygen atoms in total. The summed E-state index contributed by atoms with van der Waals surface area (Å²) < 4.78 is 37.7. The number of hydrogen-bond donors (Lipinski definition) is 1. The van der Waals surface area contributed by atoms with Crippen molar-refractivity contribution in [2.24, 2.45) is 0 Å². The highest BCUT2D eigenvalue weighted by atomic mass is 19.4. The van der Waals surface area contributed by atoms with Crippen molar-refractivity contribution in [1.82, 2.24) is 14.7 Å². The van der Waals surface area contributed by atoms with Crippen LogP contribution >= 0.6 is 0 Å². The van der Waals surface area contributed by atoms with E-state index in [0.29, 0.717) is 0 Å². The maximum Gasteiger partial charge on any atom is 0.420 e. The molecule has 0 spiro atoms. The van der Waals surface area contributed by atoms with Gasteiger partial charge in [0.1, 0.15) is 0 Å². The van der Waals surface area contributed by atoms with Crippen molar-refractivity contribution < 1.29 is 23.1 Å². The molecule has 8 heteroatoms. The molecule has 0 aliphatic carbocycles. The molecule has 1 N–H and O–H groups in total. The number of carbonyl (C=O) groups excluding carboxylic acids is 1. The molecule has 2 atom stereocenters. The summed E-state index contributed by atoms with van der Waals surface area (Å²) in [4.78, 5) is 17.3. The summed E-state index contributed by atoms with van der Waals surface area (Å²) in [7, 11) is 1.99. The minimum atomic E-state index is -4.68. The topological polar surface area (TPSA) is 47.0 Å². The van der Waals surface area contributed by atoms with Gasteiger partial charge >= 0.3 is 12.2 Å². The molecular formula is C12H18F3N3O2. The zero-order valence-electron chi connectivity index (χ0n) is 11.2. The second-order valence-corrected chi connectivity index (χ2v) is 6.18. The number of carbonyl (C=O) groups is 1. The van der Waals surface area contributed by atoms with Gasteiger partial charge in [-0.15, -0.1) is 0 Å². The van der Waals surface area contributed by atoms with E-state index in [1.165, 1.54) is 0 Å². The van der Waals surface area contributed by atoms with Gasteiger partial charge in [0.15, 0.2) is 5.60 Å². The zero-order chi connectivity index (χ0) is 14.7. The maximum absolute atomic E-state index is 12.6. The second-order valence-electron chi connectivity index (χ2n) is 6.18. The Morgan fingerprint density at radius 3 is 2.15 bits per heavy atom. The smallest absolute Gasteiger partial charge is 0.378 e. The van der Waals surface area contributed by atoms with Crippen LogP contribution in [0.5, 0.6) is 0 Å². The fourth-order valence-corrected chi connectivity index (χ4v) is 3.49. The molecule has 3 saturated heterocycles. The third kappa shape index (κ3) is 1.96. The van der Waals surface area contributed by atoms with Crippen molar-refractivity contribution >= 4 is 6.03 Å². The Hall–Kier alpha value is -1.02. The molecular weight excluding hydrogens is 275 g/mol. The molecule has 20 heavy (non-hydrogen) atoms. The number of aliphatic hydroxyl groups is 1. The summed E-state index contributed by atoms with van der Waals surface area (Å²) in [6, 6.07) is -0.184. The lowest BCUT2D eigenvalue weighted by Gasteiger charge is -2.50. The van der Waals surface area contributed by atoms with Crippen LogP contribution in [0.15, 0.2) is 0 Å². The number of likely N-dealkylation sites (tertiary alicyclic amines) is 2. The molecule has 3 aliphatic rings. The van der Waals surface area contributed by atoms with Crippen molar-refractivity contribution in [3.05, 3.63) is 0 Å². The number of alkyl halides is 3. The van der Waals surface area contributed by atoms with E-state index in [4.69, 9.17) is 0 Å². The first-order valence-corrected chi connectivity index (χ1v) is 6.76. The number of nitrogens with zero attached hydrogens (tertiary/aromatic N) is 3. The van der Waals surface area contributed by atoms with E-state index in [1.807, 2.05) is 7.05 Å². The highest BCUT2D eigenvalue weighted by Crippen LogP contribution is 2.39. The number of β-amino-alcohol motifs (C(OH)–C–C–N with tert-alkyl or cyclic N) is 1. The Morgan fingerprint density at radius 1 is 1.20 bits per heavy atom. The van der Waals surface area contributed by atoms with Crippen molar-refractivity contribution in [2.75, 3.05) is 33.2 Å². The minimum Gasteiger partial charge on any atom is -0.378 e. The largest absolute Gasteiger partial charge is 0.420 e. The number of urea groups is 1. The van der Waals surface area contributed by atoms with E-state index < -0.39 is 24.9 Å². The van der Waals surface area contributed by atoms with Crippen LogP contribution < -0.4 is 0 Å². The molecule has 0 saturated carbocycles. The van der Waals surface area contributed by atoms with E-state index >= 15 is 0 Å². The fourth-order valence-electron chi connectivity index (χ4n) is 3.49. The van der Waals surface area contributed by atoms with Gasteiger partial charge in [0.25, 0.3) is 0 Å². The van der Waals surface area contributed by atoms with Crippen LogP contribution in [-0.4, -0.2) is 82.9 Å². The van der Waals surface area contributed by atoms with Crippen molar-refractivity contribution in [3.8, 4) is 0 Å². The predicted molar refractivity (Wildman–Crippen MR) is 64.1 cm³/mol. The summed E-state index contributed by atoms with van der Waals surface area (Å²) in [5, 5.41) is 9.41. The van der Waals surface area contributed by atoms with Crippen LogP contribution in [0.3, 0.4) is 0 Å². The Labute approximate surface area is 114 Å². The number of halogens is 3. The number of hydrogen-bond acceptors (Lipinski definition) is 3. The average Bonchev–Trinajstić information content (AvgIpc) is 2.55. The number of piperazine rings is 1. The van der Waals surface area contributed by atoms with E-state index in [2.05, 4.69) is 4.90 Å². The van der Waals surface area contributed by atoms with Gasteiger partial charge < -0.3 is 19.8 Å². The number of fused-ring (bicyclic) bond motifs is 2. The molecule has 3 fully saturated rings. The van der Waals surface area contributed by atoms with Gasteiger partial charge in [-0.1, -0.05) is 0 Å². The van der Waals surface area contributed by atoms with Crippen LogP contribution in [0, 0.1) is 0 Å². The van der Waals surface area contributed by atoms with Crippen molar-refractivity contribution in [2.45, 2.75) is 36.7 Å². The van der Waals surface area contributed by atoms with Gasteiger partial charge in [0, 0.05) is 25.2 Å². The van der Waals surface area contributed by atoms with Gasteiger partial charge in [-0.05, 0) is 19.9 Å². The molecule has 114 valence electrons. The van der Waals surface area contributed by atoms with Crippen LogP contribution in [0.25, 0.3) is 0 Å². The van der Waals surface area contributed by atoms with Gasteiger partial charge in [-0.3, -0.25) is 0 Å². The summed E-state index contributed by atoms with van der Waals surface area (Å²) in [6.45, 7) is 0.224. The van der Waals surface area contributed by atoms with E-state index in [0.717, 1.165) is 30.8 Å². The van der Waals surface area contributed by atoms with Crippen LogP contribution in [0.1, 0.15) is 12.8 Å². The maximum atomic E-state index is 12.6. The standard InChI is InChI=1S/C12H18F3N3O2/c1-16-4-8-2-3-9(5-16)18(8)10(19)17-6-11(20,7-17)12(13,14)15/h8-9,20H,2-7H2,1H3. The fraction of sp³-hybridized carbons (Fsp3) is 0.917. The van der Waals surface area contributed by atoms with Gasteiger partial charge in [0.2, 0.25) is 0 Å². The van der Waals surface area contributed by atoms with Crippen molar-refractivity contribution in [3.63, 3.8) is 0 Å². The lowest BCUT2D eigenvalue weighted by molar-refractivity contribution is -0.295. The van der Waals surface area contributed by atoms with Gasteiger partial charge in [-0.2, -0.15) is 13.2 Å². The van der Waals surface area contributed by atoms with E-state index in [-0.39, 0.29) is 18.1 Å². The zero-order valence-corrected chi connectivity index (χ0v) is 11.2. The van der Waals surface area contributed by atoms with Gasteiger partial charge in [0.05, 0.1) is 13.1 Å². The Balaban J connectivity index is 1.65. The quantitative estimate of drug-likeness (QED) is 0.707. The van der Waals surface area contributed by atoms with E-state index in [9.17, 15) is 23.1 Å². The van der Waals surface area contributed by atoms with Crippen LogP contribution in [0.4, 0.5) is 18.0 Å². The number of rotatable bonds is 0. The Kier molecular flexibility index (Phi) is 2.95. The van der Waals surface area contributed by atoms with Crippen molar-refractivity contribution in [1.29, 1.82) is 0 Å². The molecule has 3 aliphatic heterocycles. The number of amides is 2. The molecule has 0 aromatic carbocycles. The van der Waals surface area contributed by atoms with Gasteiger partial charge in [-0.25, -0.2) is 4.79 Å². The summed E-state index contributed by atoms with van der Waals surface area (Å²) in [5.74, 6) is 0. The molecule has 2 amide bonds. The third-order valence-electron chi connectivity index (χ3n) is 4.59. The normalized spacial score (nSPS) is 33.2. The first kappa shape index (κ1) is 13.9. The summed E-state index contributed by atoms with van der Waals surface area (Å²) in [5.41, 5.74) is -2.73. The molecule has 0 aromatic rings. The Morgan fingerprint density at radius 2 is 1.70 bits per heavy atom. The average molecular weight is 293 g/mol. The molecule has 0 radical (unpaired) electrons. The summed E-state index contributed by atoms with van der Waals surface area (Å²) >= 11 is 0. The van der Waals surface area contributed by atoms with Crippen LogP contribution in [-0.2, 0) is 0 Å². The first-order valence-electron chi connectivity index (χ1n) is 6.76. The molecule has 3 rings (SSSR count). The lowest BCUT2D eigenvalue weighted by Crippen LogP contribution is -2.73. The highest BCUT2D eigenvalue weighted by molar-refractivity contribution is 5.77. The minimum absolute atomic E-state index is 0.0887. The van der Waals surface area contributed by atoms with E-state index in [1.54, 1.807) is 4.90 Å². The predicted octanol–water partition coefficient (Wildman–Crippen LogP) is 0.494. The SMILES string of the molecule is CN1CC2CCC(C1)N2C(=O)N1CC(O)(C(F)(F)F)C1. The monoisotopic (exact) mass is 293 g/mol. The summed E-state index contributed by atoms with van der Waals surface area (Å²) in [6.07, 6.45) is -2.87. The first-order chi connectivity index (χ1) is 9.21. The highest BCUT2D eigenvalue weighted by Gasteiger charge is 2.63. The molecule has 0 aromatic heterocycles. The van der Waals surface area contributed by atoms with Crippen LogP contribution in [0.2, 0.25) is 0 Å². The molecule has 2 bridgehead atoms.